The van der Waals surface area contributed by atoms with Crippen LogP contribution in [0.1, 0.15) is 18.1 Å². The van der Waals surface area contributed by atoms with Crippen molar-refractivity contribution in [3.63, 3.8) is 0 Å². The lowest BCUT2D eigenvalue weighted by molar-refractivity contribution is -0.121. The number of amides is 1. The van der Waals surface area contributed by atoms with Crippen molar-refractivity contribution < 1.29 is 13.6 Å². The minimum Gasteiger partial charge on any atom is -0.315 e. The van der Waals surface area contributed by atoms with Gasteiger partial charge in [-0.15, -0.1) is 0 Å². The molecule has 0 N–H and O–H groups in total. The Labute approximate surface area is 152 Å². The third-order valence-corrected chi connectivity index (χ3v) is 4.17. The molecule has 2 aromatic rings. The van der Waals surface area contributed by atoms with Crippen LogP contribution in [0.25, 0.3) is 0 Å². The summed E-state index contributed by atoms with van der Waals surface area (Å²) >= 11 is 5.99. The van der Waals surface area contributed by atoms with Crippen molar-refractivity contribution in [3.05, 3.63) is 64.2 Å². The number of nitrogens with zero attached hydrogens (tertiary/aromatic N) is 1. The molecule has 0 radical (unpaired) electrons. The Morgan fingerprint density at radius 1 is 1.17 bits per heavy atom. The molecular weight excluding hydrogens is 352 g/mol. The molecular formula is C18H20ClF2NOS. The molecule has 0 unspecified atom stereocenters. The zero-order valence-corrected chi connectivity index (χ0v) is 15.5. The van der Waals surface area contributed by atoms with E-state index in [2.05, 4.69) is 0 Å². The lowest BCUT2D eigenvalue weighted by Crippen LogP contribution is -2.32. The van der Waals surface area contributed by atoms with E-state index in [0.29, 0.717) is 10.6 Å². The maximum Gasteiger partial charge on any atom is 0.229 e. The summed E-state index contributed by atoms with van der Waals surface area (Å²) in [6.07, 6.45) is 0.268. The van der Waals surface area contributed by atoms with Gasteiger partial charge in [-0.1, -0.05) is 18.5 Å². The summed E-state index contributed by atoms with van der Waals surface area (Å²) < 4.78 is 26.5. The van der Waals surface area contributed by atoms with Gasteiger partial charge in [0.15, 0.2) is 0 Å². The molecule has 1 atom stereocenters. The Hall–Kier alpha value is -1.59. The first-order valence-corrected chi connectivity index (χ1v) is 7.64. The Balaban J connectivity index is 0.00000288. The van der Waals surface area contributed by atoms with Crippen molar-refractivity contribution in [2.24, 2.45) is 5.92 Å². The largest absolute Gasteiger partial charge is 0.315 e. The molecule has 2 nitrogen and oxygen atoms in total. The highest BCUT2D eigenvalue weighted by atomic mass is 35.5. The smallest absolute Gasteiger partial charge is 0.229 e. The van der Waals surface area contributed by atoms with Crippen LogP contribution in [0.3, 0.4) is 0 Å². The fraction of sp³-hybridized carbons (Fsp3) is 0.278. The zero-order chi connectivity index (χ0) is 17.1. The Kier molecular flexibility index (Phi) is 7.24. The monoisotopic (exact) mass is 371 g/mol. The normalized spacial score (nSPS) is 11.6. The molecule has 1 amide bonds. The summed E-state index contributed by atoms with van der Waals surface area (Å²) in [4.78, 5) is 14.1. The fourth-order valence-electron chi connectivity index (χ4n) is 2.46. The number of rotatable bonds is 4. The van der Waals surface area contributed by atoms with E-state index in [-0.39, 0.29) is 25.8 Å². The van der Waals surface area contributed by atoms with Crippen molar-refractivity contribution in [3.8, 4) is 0 Å². The molecule has 0 fully saturated rings. The van der Waals surface area contributed by atoms with Crippen molar-refractivity contribution in [1.29, 1.82) is 0 Å². The van der Waals surface area contributed by atoms with Crippen molar-refractivity contribution in [2.45, 2.75) is 20.3 Å². The number of carbonyl (C=O) groups is 1. The molecule has 2 aromatic carbocycles. The van der Waals surface area contributed by atoms with Crippen LogP contribution >= 0.6 is 25.1 Å². The number of hydrogen-bond acceptors (Lipinski definition) is 1. The second kappa shape index (κ2) is 8.49. The predicted molar refractivity (Wildman–Crippen MR) is 99.2 cm³/mol. The molecule has 2 rings (SSSR count). The molecule has 0 bridgehead atoms. The topological polar surface area (TPSA) is 20.3 Å². The second-order valence-electron chi connectivity index (χ2n) is 5.71. The Morgan fingerprint density at radius 2 is 1.75 bits per heavy atom. The molecule has 6 heteroatoms. The molecule has 0 aliphatic heterocycles. The highest BCUT2D eigenvalue weighted by Gasteiger charge is 2.20. The minimum atomic E-state index is -0.638. The van der Waals surface area contributed by atoms with E-state index in [4.69, 9.17) is 11.6 Å². The van der Waals surface area contributed by atoms with Gasteiger partial charge >= 0.3 is 0 Å². The second-order valence-corrected chi connectivity index (χ2v) is 6.12. The molecule has 0 saturated carbocycles. The first-order chi connectivity index (χ1) is 10.8. The van der Waals surface area contributed by atoms with Crippen LogP contribution in [0.2, 0.25) is 5.02 Å². The lowest BCUT2D eigenvalue weighted by atomic mass is 9.99. The molecule has 0 aromatic heterocycles. The number of anilines is 1. The maximum atomic E-state index is 13.2. The van der Waals surface area contributed by atoms with Gasteiger partial charge < -0.3 is 4.90 Å². The summed E-state index contributed by atoms with van der Waals surface area (Å²) in [5.74, 6) is -1.81. The van der Waals surface area contributed by atoms with Gasteiger partial charge in [-0.05, 0) is 54.8 Å². The van der Waals surface area contributed by atoms with Crippen LogP contribution in [0.5, 0.6) is 0 Å². The van der Waals surface area contributed by atoms with Crippen molar-refractivity contribution in [1.82, 2.24) is 0 Å². The van der Waals surface area contributed by atoms with Crippen LogP contribution in [-0.4, -0.2) is 13.0 Å². The maximum absolute atomic E-state index is 13.2. The minimum absolute atomic E-state index is 0. The number of carbonyl (C=O) groups excluding carboxylic acids is 1. The van der Waals surface area contributed by atoms with Crippen LogP contribution in [0, 0.1) is 24.5 Å². The number of aryl methyl sites for hydroxylation is 1. The van der Waals surface area contributed by atoms with E-state index in [1.165, 1.54) is 17.0 Å². The summed E-state index contributed by atoms with van der Waals surface area (Å²) in [5.41, 5.74) is 2.07. The van der Waals surface area contributed by atoms with Gasteiger partial charge in [-0.3, -0.25) is 4.79 Å². The van der Waals surface area contributed by atoms with E-state index in [0.717, 1.165) is 17.3 Å². The molecule has 0 aliphatic rings. The summed E-state index contributed by atoms with van der Waals surface area (Å²) in [6.45, 7) is 3.60. The highest BCUT2D eigenvalue weighted by molar-refractivity contribution is 7.59. The number of hydrogen-bond donors (Lipinski definition) is 0. The van der Waals surface area contributed by atoms with Crippen LogP contribution in [0.15, 0.2) is 36.4 Å². The summed E-state index contributed by atoms with van der Waals surface area (Å²) in [5, 5.41) is 0.637. The Morgan fingerprint density at radius 3 is 2.29 bits per heavy atom. The molecule has 0 saturated heterocycles. The fourth-order valence-corrected chi connectivity index (χ4v) is 2.58. The van der Waals surface area contributed by atoms with Crippen LogP contribution < -0.4 is 4.90 Å². The zero-order valence-electron chi connectivity index (χ0n) is 13.7. The standard InChI is InChI=1S/C18H18ClF2NO.H2S/c1-11-7-16(4-5-17(11)19)22(3)18(23)12(2)6-13-8-14(20)10-15(21)9-13;/h4-5,7-10,12H,6H2,1-3H3;1H2/t12-;/m0./s1. The summed E-state index contributed by atoms with van der Waals surface area (Å²) in [6, 6.07) is 8.65. The molecule has 0 aliphatic carbocycles. The highest BCUT2D eigenvalue weighted by Crippen LogP contribution is 2.23. The van der Waals surface area contributed by atoms with E-state index in [9.17, 15) is 13.6 Å². The third kappa shape index (κ3) is 4.95. The van der Waals surface area contributed by atoms with Gasteiger partial charge in [-0.2, -0.15) is 13.5 Å². The lowest BCUT2D eigenvalue weighted by Gasteiger charge is -2.22. The van der Waals surface area contributed by atoms with Crippen LogP contribution in [-0.2, 0) is 11.2 Å². The SMILES string of the molecule is Cc1cc(N(C)C(=O)[C@@H](C)Cc2cc(F)cc(F)c2)ccc1Cl.S. The third-order valence-electron chi connectivity index (χ3n) is 3.75. The number of benzene rings is 2. The van der Waals surface area contributed by atoms with Crippen LogP contribution in [0.4, 0.5) is 14.5 Å². The summed E-state index contributed by atoms with van der Waals surface area (Å²) in [7, 11) is 1.67. The van der Waals surface area contributed by atoms with Crippen molar-refractivity contribution in [2.75, 3.05) is 11.9 Å². The molecule has 0 spiro atoms. The van der Waals surface area contributed by atoms with Gasteiger partial charge in [0.05, 0.1) is 0 Å². The van der Waals surface area contributed by atoms with E-state index in [1.807, 2.05) is 13.0 Å². The first-order valence-electron chi connectivity index (χ1n) is 7.26. The molecule has 130 valence electrons. The van der Waals surface area contributed by atoms with Gasteiger partial charge in [0.1, 0.15) is 11.6 Å². The number of halogens is 3. The van der Waals surface area contributed by atoms with Gasteiger partial charge in [0.2, 0.25) is 5.91 Å². The molecule has 24 heavy (non-hydrogen) atoms. The van der Waals surface area contributed by atoms with E-state index >= 15 is 0 Å². The van der Waals surface area contributed by atoms with Gasteiger partial charge in [-0.25, -0.2) is 8.78 Å². The molecule has 0 heterocycles. The average molecular weight is 372 g/mol. The van der Waals surface area contributed by atoms with E-state index < -0.39 is 17.6 Å². The quantitative estimate of drug-likeness (QED) is 0.750. The van der Waals surface area contributed by atoms with E-state index in [1.54, 1.807) is 26.1 Å². The predicted octanol–water partition coefficient (Wildman–Crippen LogP) is 4.88. The van der Waals surface area contributed by atoms with Gasteiger partial charge in [0, 0.05) is 29.7 Å². The van der Waals surface area contributed by atoms with Gasteiger partial charge in [0.25, 0.3) is 0 Å². The average Bonchev–Trinajstić information content (AvgIpc) is 2.47. The van der Waals surface area contributed by atoms with Crippen molar-refractivity contribution >= 4 is 36.7 Å². The Bertz CT molecular complexity index is 719. The first kappa shape index (κ1) is 20.5.